The average Bonchev–Trinajstić information content (AvgIpc) is 2.34. The second-order valence-electron chi connectivity index (χ2n) is 3.57. The van der Waals surface area contributed by atoms with Crippen LogP contribution < -0.4 is 11.1 Å². The van der Waals surface area contributed by atoms with E-state index in [9.17, 15) is 9.18 Å². The summed E-state index contributed by atoms with van der Waals surface area (Å²) in [5.41, 5.74) is 5.19. The molecule has 0 bridgehead atoms. The van der Waals surface area contributed by atoms with Gasteiger partial charge in [0, 0.05) is 18.0 Å². The molecule has 0 unspecified atom stereocenters. The molecule has 0 saturated heterocycles. The Morgan fingerprint density at radius 3 is 2.89 bits per heavy atom. The highest BCUT2D eigenvalue weighted by molar-refractivity contribution is 6.30. The summed E-state index contributed by atoms with van der Waals surface area (Å²) in [7, 11) is 0. The molecule has 7 heteroatoms. The van der Waals surface area contributed by atoms with Crippen LogP contribution in [0.4, 0.5) is 4.39 Å². The maximum Gasteiger partial charge on any atom is 0.254 e. The van der Waals surface area contributed by atoms with Gasteiger partial charge < -0.3 is 16.3 Å². The highest BCUT2D eigenvalue weighted by atomic mass is 35.5. The zero-order chi connectivity index (χ0) is 13.5. The van der Waals surface area contributed by atoms with Gasteiger partial charge in [-0.05, 0) is 24.6 Å². The molecule has 18 heavy (non-hydrogen) atoms. The molecular formula is C11H13ClFN3O2. The van der Waals surface area contributed by atoms with Gasteiger partial charge in [-0.2, -0.15) is 0 Å². The third kappa shape index (κ3) is 4.21. The smallest absolute Gasteiger partial charge is 0.254 e. The highest BCUT2D eigenvalue weighted by Crippen LogP contribution is 2.14. The number of nitrogens with two attached hydrogens (primary N) is 1. The number of amides is 1. The summed E-state index contributed by atoms with van der Waals surface area (Å²) in [6.07, 6.45) is 0.844. The Morgan fingerprint density at radius 1 is 1.56 bits per heavy atom. The van der Waals surface area contributed by atoms with Crippen molar-refractivity contribution in [3.05, 3.63) is 34.6 Å². The summed E-state index contributed by atoms with van der Waals surface area (Å²) in [6, 6.07) is 3.83. The Hall–Kier alpha value is -1.82. The molecule has 98 valence electrons. The van der Waals surface area contributed by atoms with E-state index in [0.29, 0.717) is 19.4 Å². The van der Waals surface area contributed by atoms with Crippen LogP contribution in [0.1, 0.15) is 23.2 Å². The number of hydrogen-bond donors (Lipinski definition) is 3. The number of nitrogens with one attached hydrogen (secondary N) is 1. The maximum atomic E-state index is 13.4. The largest absolute Gasteiger partial charge is 0.409 e. The van der Waals surface area contributed by atoms with Gasteiger partial charge in [-0.3, -0.25) is 4.79 Å². The van der Waals surface area contributed by atoms with Gasteiger partial charge in [0.05, 0.1) is 5.56 Å². The van der Waals surface area contributed by atoms with Gasteiger partial charge in [-0.1, -0.05) is 16.8 Å². The predicted molar refractivity (Wildman–Crippen MR) is 66.4 cm³/mol. The highest BCUT2D eigenvalue weighted by Gasteiger charge is 2.11. The normalized spacial score (nSPS) is 11.3. The van der Waals surface area contributed by atoms with Crippen molar-refractivity contribution in [1.82, 2.24) is 5.32 Å². The number of nitrogens with zero attached hydrogens (tertiary/aromatic N) is 1. The number of carbonyl (C=O) groups is 1. The van der Waals surface area contributed by atoms with Crippen LogP contribution >= 0.6 is 11.6 Å². The Morgan fingerprint density at radius 2 is 2.28 bits per heavy atom. The summed E-state index contributed by atoms with van der Waals surface area (Å²) in [4.78, 5) is 11.6. The quantitative estimate of drug-likeness (QED) is 0.251. The topological polar surface area (TPSA) is 87.7 Å². The Balaban J connectivity index is 2.46. The summed E-state index contributed by atoms with van der Waals surface area (Å²) in [5, 5.41) is 13.8. The molecule has 1 aromatic rings. The lowest BCUT2D eigenvalue weighted by Gasteiger charge is -2.06. The lowest BCUT2D eigenvalue weighted by molar-refractivity contribution is 0.0949. The summed E-state index contributed by atoms with van der Waals surface area (Å²) in [6.45, 7) is 0.303. The minimum Gasteiger partial charge on any atom is -0.409 e. The first kappa shape index (κ1) is 14.2. The second-order valence-corrected chi connectivity index (χ2v) is 4.01. The van der Waals surface area contributed by atoms with Crippen molar-refractivity contribution in [3.63, 3.8) is 0 Å². The van der Waals surface area contributed by atoms with Crippen LogP contribution in [0.15, 0.2) is 23.4 Å². The third-order valence-corrected chi connectivity index (χ3v) is 2.43. The molecule has 0 aliphatic rings. The van der Waals surface area contributed by atoms with Gasteiger partial charge in [-0.15, -0.1) is 0 Å². The van der Waals surface area contributed by atoms with Gasteiger partial charge in [0.1, 0.15) is 11.7 Å². The molecule has 0 radical (unpaired) electrons. The molecule has 0 aromatic heterocycles. The summed E-state index contributed by atoms with van der Waals surface area (Å²) in [5.74, 6) is -1.11. The number of amidine groups is 1. The SMILES string of the molecule is NC(CCCNC(=O)c1ccc(Cl)cc1F)=NO. The number of halogens is 2. The van der Waals surface area contributed by atoms with E-state index in [-0.39, 0.29) is 16.4 Å². The van der Waals surface area contributed by atoms with Gasteiger partial charge in [0.15, 0.2) is 0 Å². The number of hydrogen-bond acceptors (Lipinski definition) is 3. The van der Waals surface area contributed by atoms with E-state index in [1.54, 1.807) is 0 Å². The van der Waals surface area contributed by atoms with E-state index in [4.69, 9.17) is 22.5 Å². The molecule has 0 saturated carbocycles. The Bertz CT molecular complexity index is 466. The van der Waals surface area contributed by atoms with E-state index >= 15 is 0 Å². The predicted octanol–water partition coefficient (Wildman–Crippen LogP) is 1.74. The van der Waals surface area contributed by atoms with Crippen LogP contribution in [0, 0.1) is 5.82 Å². The minimum absolute atomic E-state index is 0.0665. The Labute approximate surface area is 108 Å². The van der Waals surface area contributed by atoms with E-state index in [1.165, 1.54) is 12.1 Å². The fourth-order valence-corrected chi connectivity index (χ4v) is 1.45. The fourth-order valence-electron chi connectivity index (χ4n) is 1.29. The Kier molecular flexibility index (Phi) is 5.38. The number of oxime groups is 1. The van der Waals surface area contributed by atoms with E-state index in [0.717, 1.165) is 6.07 Å². The zero-order valence-corrected chi connectivity index (χ0v) is 10.2. The van der Waals surface area contributed by atoms with Gasteiger partial charge in [0.2, 0.25) is 0 Å². The zero-order valence-electron chi connectivity index (χ0n) is 9.49. The van der Waals surface area contributed by atoms with Crippen LogP contribution in [0.5, 0.6) is 0 Å². The third-order valence-electron chi connectivity index (χ3n) is 2.20. The summed E-state index contributed by atoms with van der Waals surface area (Å²) < 4.78 is 13.4. The molecule has 0 spiro atoms. The van der Waals surface area contributed by atoms with Crippen molar-refractivity contribution in [2.24, 2.45) is 10.9 Å². The molecule has 0 aliphatic heterocycles. The molecule has 1 amide bonds. The van der Waals surface area contributed by atoms with Crippen LogP contribution in [0.2, 0.25) is 5.02 Å². The van der Waals surface area contributed by atoms with Crippen molar-refractivity contribution in [1.29, 1.82) is 0 Å². The standard InChI is InChI=1S/C11H13ClFN3O2/c12-7-3-4-8(9(13)6-7)11(17)15-5-1-2-10(14)16-18/h3-4,6,18H,1-2,5H2,(H2,14,16)(H,15,17). The monoisotopic (exact) mass is 273 g/mol. The number of carbonyl (C=O) groups excluding carboxylic acids is 1. The molecule has 5 nitrogen and oxygen atoms in total. The number of benzene rings is 1. The lowest BCUT2D eigenvalue weighted by Crippen LogP contribution is -2.26. The van der Waals surface area contributed by atoms with E-state index in [2.05, 4.69) is 10.5 Å². The van der Waals surface area contributed by atoms with Crippen molar-refractivity contribution in [3.8, 4) is 0 Å². The molecule has 0 atom stereocenters. The maximum absolute atomic E-state index is 13.4. The van der Waals surface area contributed by atoms with Crippen molar-refractivity contribution in [2.75, 3.05) is 6.54 Å². The molecule has 0 fully saturated rings. The van der Waals surface area contributed by atoms with Crippen LogP contribution in [0.3, 0.4) is 0 Å². The average molecular weight is 274 g/mol. The second kappa shape index (κ2) is 6.80. The molecular weight excluding hydrogens is 261 g/mol. The van der Waals surface area contributed by atoms with E-state index < -0.39 is 11.7 Å². The van der Waals surface area contributed by atoms with Crippen molar-refractivity contribution in [2.45, 2.75) is 12.8 Å². The molecule has 0 heterocycles. The molecule has 1 aromatic carbocycles. The molecule has 0 aliphatic carbocycles. The minimum atomic E-state index is -0.670. The first-order chi connectivity index (χ1) is 8.54. The summed E-state index contributed by atoms with van der Waals surface area (Å²) >= 11 is 5.58. The van der Waals surface area contributed by atoms with Gasteiger partial charge >= 0.3 is 0 Å². The van der Waals surface area contributed by atoms with Gasteiger partial charge in [0.25, 0.3) is 5.91 Å². The van der Waals surface area contributed by atoms with Crippen LogP contribution in [-0.4, -0.2) is 23.5 Å². The van der Waals surface area contributed by atoms with Crippen LogP contribution in [-0.2, 0) is 0 Å². The molecule has 1 rings (SSSR count). The number of rotatable bonds is 5. The fraction of sp³-hybridized carbons (Fsp3) is 0.273. The first-order valence-corrected chi connectivity index (χ1v) is 5.62. The van der Waals surface area contributed by atoms with Crippen molar-refractivity contribution < 1.29 is 14.4 Å². The molecule has 4 N–H and O–H groups in total. The van der Waals surface area contributed by atoms with Gasteiger partial charge in [-0.25, -0.2) is 4.39 Å². The van der Waals surface area contributed by atoms with Crippen LogP contribution in [0.25, 0.3) is 0 Å². The lowest BCUT2D eigenvalue weighted by atomic mass is 10.2. The van der Waals surface area contributed by atoms with Crippen molar-refractivity contribution >= 4 is 23.3 Å². The first-order valence-electron chi connectivity index (χ1n) is 5.24. The van der Waals surface area contributed by atoms with E-state index in [1.807, 2.05) is 0 Å².